The average molecular weight is 209 g/mol. The van der Waals surface area contributed by atoms with Gasteiger partial charge in [-0.1, -0.05) is 19.8 Å². The van der Waals surface area contributed by atoms with Crippen molar-refractivity contribution in [3.8, 4) is 0 Å². The van der Waals surface area contributed by atoms with E-state index in [1.54, 1.807) is 0 Å². The van der Waals surface area contributed by atoms with E-state index in [9.17, 15) is 0 Å². The second-order valence-electron chi connectivity index (χ2n) is 4.82. The molecule has 86 valence electrons. The normalized spacial score (nSPS) is 29.0. The Morgan fingerprint density at radius 2 is 2.00 bits per heavy atom. The van der Waals surface area contributed by atoms with E-state index < -0.39 is 0 Å². The highest BCUT2D eigenvalue weighted by molar-refractivity contribution is 5.78. The fourth-order valence-corrected chi connectivity index (χ4v) is 2.86. The first kappa shape index (κ1) is 10.8. The minimum absolute atomic E-state index is 0.517. The van der Waals surface area contributed by atoms with E-state index in [1.807, 2.05) is 0 Å². The van der Waals surface area contributed by atoms with Crippen molar-refractivity contribution in [2.45, 2.75) is 64.0 Å². The van der Waals surface area contributed by atoms with E-state index in [-0.39, 0.29) is 0 Å². The van der Waals surface area contributed by atoms with E-state index in [2.05, 4.69) is 16.8 Å². The van der Waals surface area contributed by atoms with Gasteiger partial charge in [0, 0.05) is 12.6 Å². The molecule has 15 heavy (non-hydrogen) atoms. The summed E-state index contributed by atoms with van der Waals surface area (Å²) in [6, 6.07) is 1.17. The number of hydrogen-bond acceptors (Lipinski definition) is 1. The van der Waals surface area contributed by atoms with Crippen LogP contribution in [0.15, 0.2) is 4.99 Å². The third-order valence-electron chi connectivity index (χ3n) is 3.78. The maximum atomic E-state index is 6.10. The topological polar surface area (TPSA) is 41.6 Å². The number of nitrogens with zero attached hydrogens (tertiary/aromatic N) is 2. The molecule has 0 amide bonds. The van der Waals surface area contributed by atoms with E-state index in [1.165, 1.54) is 44.9 Å². The van der Waals surface area contributed by atoms with Gasteiger partial charge in [-0.25, -0.2) is 4.99 Å². The monoisotopic (exact) mass is 209 g/mol. The first-order chi connectivity index (χ1) is 7.31. The van der Waals surface area contributed by atoms with Crippen LogP contribution in [0.2, 0.25) is 0 Å². The zero-order chi connectivity index (χ0) is 10.7. The molecule has 1 heterocycles. The molecule has 3 nitrogen and oxygen atoms in total. The molecule has 0 bridgehead atoms. The summed E-state index contributed by atoms with van der Waals surface area (Å²) < 4.78 is 0. The molecular weight excluding hydrogens is 186 g/mol. The van der Waals surface area contributed by atoms with Crippen LogP contribution in [0.25, 0.3) is 0 Å². The summed E-state index contributed by atoms with van der Waals surface area (Å²) in [5.74, 6) is 0.811. The minimum Gasteiger partial charge on any atom is -0.370 e. The van der Waals surface area contributed by atoms with E-state index in [4.69, 9.17) is 5.73 Å². The van der Waals surface area contributed by atoms with Gasteiger partial charge in [0.25, 0.3) is 0 Å². The molecule has 0 radical (unpaired) electrons. The van der Waals surface area contributed by atoms with E-state index in [0.717, 1.165) is 12.5 Å². The first-order valence-corrected chi connectivity index (χ1v) is 6.41. The number of hydrogen-bond donors (Lipinski definition) is 1. The van der Waals surface area contributed by atoms with Crippen molar-refractivity contribution in [2.75, 3.05) is 6.54 Å². The zero-order valence-electron chi connectivity index (χ0n) is 9.78. The number of guanidine groups is 1. The Kier molecular flexibility index (Phi) is 3.49. The van der Waals surface area contributed by atoms with Crippen LogP contribution < -0.4 is 5.73 Å². The van der Waals surface area contributed by atoms with Gasteiger partial charge in [-0.3, -0.25) is 0 Å². The predicted molar refractivity (Wildman–Crippen MR) is 63.9 cm³/mol. The van der Waals surface area contributed by atoms with Crippen LogP contribution in [-0.2, 0) is 0 Å². The van der Waals surface area contributed by atoms with Crippen molar-refractivity contribution >= 4 is 5.96 Å². The molecule has 2 N–H and O–H groups in total. The lowest BCUT2D eigenvalue weighted by atomic mass is 10.2. The molecule has 1 saturated carbocycles. The quantitative estimate of drug-likeness (QED) is 0.559. The maximum Gasteiger partial charge on any atom is 0.191 e. The van der Waals surface area contributed by atoms with Crippen molar-refractivity contribution < 1.29 is 0 Å². The Hall–Kier alpha value is -0.730. The van der Waals surface area contributed by atoms with Crippen molar-refractivity contribution in [1.29, 1.82) is 0 Å². The summed E-state index contributed by atoms with van der Waals surface area (Å²) in [5.41, 5.74) is 6.10. The van der Waals surface area contributed by atoms with Gasteiger partial charge in [0.2, 0.25) is 0 Å². The summed E-state index contributed by atoms with van der Waals surface area (Å²) in [6.07, 6.45) is 8.91. The molecule has 0 aromatic rings. The van der Waals surface area contributed by atoms with Gasteiger partial charge in [0.15, 0.2) is 5.96 Å². The molecule has 0 aromatic carbocycles. The standard InChI is InChI=1S/C12H23N3/c1-2-11-8-5-9-15(11)12(13)14-10-6-3-4-7-10/h10-11H,2-9H2,1H3,(H2,13,14). The molecule has 1 aliphatic heterocycles. The number of nitrogens with two attached hydrogens (primary N) is 1. The third kappa shape index (κ3) is 2.44. The van der Waals surface area contributed by atoms with Crippen molar-refractivity contribution in [1.82, 2.24) is 4.90 Å². The second-order valence-corrected chi connectivity index (χ2v) is 4.82. The van der Waals surface area contributed by atoms with Gasteiger partial charge < -0.3 is 10.6 Å². The molecule has 1 saturated heterocycles. The molecule has 3 heteroatoms. The Morgan fingerprint density at radius 3 is 2.67 bits per heavy atom. The lowest BCUT2D eigenvalue weighted by Gasteiger charge is -2.25. The summed E-state index contributed by atoms with van der Waals surface area (Å²) in [6.45, 7) is 3.35. The molecule has 1 aliphatic carbocycles. The molecule has 1 atom stereocenters. The summed E-state index contributed by atoms with van der Waals surface area (Å²) in [5, 5.41) is 0. The van der Waals surface area contributed by atoms with Crippen LogP contribution in [0.3, 0.4) is 0 Å². The third-order valence-corrected chi connectivity index (χ3v) is 3.78. The number of likely N-dealkylation sites (tertiary alicyclic amines) is 1. The Balaban J connectivity index is 1.96. The fraction of sp³-hybridized carbons (Fsp3) is 0.917. The number of aliphatic imine (C=N–C) groups is 1. The van der Waals surface area contributed by atoms with E-state index >= 15 is 0 Å². The van der Waals surface area contributed by atoms with Crippen LogP contribution in [0.1, 0.15) is 51.9 Å². The Bertz CT molecular complexity index is 231. The zero-order valence-corrected chi connectivity index (χ0v) is 9.78. The highest BCUT2D eigenvalue weighted by Crippen LogP contribution is 2.23. The smallest absolute Gasteiger partial charge is 0.191 e. The van der Waals surface area contributed by atoms with Crippen LogP contribution in [0, 0.1) is 0 Å². The molecular formula is C12H23N3. The minimum atomic E-state index is 0.517. The van der Waals surface area contributed by atoms with Gasteiger partial charge in [-0.2, -0.15) is 0 Å². The average Bonchev–Trinajstić information content (AvgIpc) is 2.86. The Morgan fingerprint density at radius 1 is 1.27 bits per heavy atom. The van der Waals surface area contributed by atoms with Crippen molar-refractivity contribution in [2.24, 2.45) is 10.7 Å². The van der Waals surface area contributed by atoms with Crippen LogP contribution in [-0.4, -0.2) is 29.5 Å². The second kappa shape index (κ2) is 4.86. The number of rotatable bonds is 2. The van der Waals surface area contributed by atoms with Crippen LogP contribution >= 0.6 is 0 Å². The lowest BCUT2D eigenvalue weighted by Crippen LogP contribution is -2.41. The maximum absolute atomic E-state index is 6.10. The fourth-order valence-electron chi connectivity index (χ4n) is 2.86. The van der Waals surface area contributed by atoms with Crippen LogP contribution in [0.5, 0.6) is 0 Å². The molecule has 0 aromatic heterocycles. The van der Waals surface area contributed by atoms with Gasteiger partial charge in [0.1, 0.15) is 0 Å². The summed E-state index contributed by atoms with van der Waals surface area (Å²) >= 11 is 0. The molecule has 2 rings (SSSR count). The molecule has 1 unspecified atom stereocenters. The van der Waals surface area contributed by atoms with Gasteiger partial charge in [-0.05, 0) is 32.1 Å². The molecule has 2 fully saturated rings. The molecule has 0 spiro atoms. The predicted octanol–water partition coefficient (Wildman–Crippen LogP) is 2.12. The van der Waals surface area contributed by atoms with Crippen molar-refractivity contribution in [3.05, 3.63) is 0 Å². The first-order valence-electron chi connectivity index (χ1n) is 6.41. The van der Waals surface area contributed by atoms with Gasteiger partial charge in [0.05, 0.1) is 6.04 Å². The highest BCUT2D eigenvalue weighted by Gasteiger charge is 2.25. The molecule has 2 aliphatic rings. The largest absolute Gasteiger partial charge is 0.370 e. The van der Waals surface area contributed by atoms with Crippen molar-refractivity contribution in [3.63, 3.8) is 0 Å². The highest BCUT2D eigenvalue weighted by atomic mass is 15.3. The van der Waals surface area contributed by atoms with Crippen LogP contribution in [0.4, 0.5) is 0 Å². The Labute approximate surface area is 92.7 Å². The van der Waals surface area contributed by atoms with Gasteiger partial charge in [-0.15, -0.1) is 0 Å². The van der Waals surface area contributed by atoms with Gasteiger partial charge >= 0.3 is 0 Å². The summed E-state index contributed by atoms with van der Waals surface area (Å²) in [7, 11) is 0. The lowest BCUT2D eigenvalue weighted by molar-refractivity contribution is 0.372. The SMILES string of the molecule is CCC1CCCN1C(N)=NC1CCCC1. The van der Waals surface area contributed by atoms with E-state index in [0.29, 0.717) is 12.1 Å². The summed E-state index contributed by atoms with van der Waals surface area (Å²) in [4.78, 5) is 6.99.